The SMILES string of the molecule is CCCCc1ccc(N2C[C@H](C(=O)Nc3ccc4c(c3)NC(=O)CO4)CC2=O)cc1. The Hall–Kier alpha value is -3.35. The van der Waals surface area contributed by atoms with Gasteiger partial charge in [-0.05, 0) is 48.7 Å². The van der Waals surface area contributed by atoms with Crippen molar-refractivity contribution in [3.8, 4) is 5.75 Å². The molecule has 2 aliphatic rings. The maximum absolute atomic E-state index is 12.7. The third kappa shape index (κ3) is 4.30. The van der Waals surface area contributed by atoms with Crippen molar-refractivity contribution in [1.29, 1.82) is 0 Å². The van der Waals surface area contributed by atoms with Crippen molar-refractivity contribution in [3.05, 3.63) is 48.0 Å². The molecular weight excluding hydrogens is 382 g/mol. The summed E-state index contributed by atoms with van der Waals surface area (Å²) >= 11 is 0. The van der Waals surface area contributed by atoms with Crippen LogP contribution in [0.1, 0.15) is 31.7 Å². The zero-order valence-electron chi connectivity index (χ0n) is 16.9. The molecular formula is C23H25N3O4. The Balaban J connectivity index is 1.39. The first-order valence-electron chi connectivity index (χ1n) is 10.3. The smallest absolute Gasteiger partial charge is 0.262 e. The summed E-state index contributed by atoms with van der Waals surface area (Å²) in [5.41, 5.74) is 3.15. The molecule has 0 unspecified atom stereocenters. The van der Waals surface area contributed by atoms with Crippen molar-refractivity contribution in [2.45, 2.75) is 32.6 Å². The Morgan fingerprint density at radius 1 is 1.20 bits per heavy atom. The number of aryl methyl sites for hydroxylation is 1. The summed E-state index contributed by atoms with van der Waals surface area (Å²) in [7, 11) is 0. The second-order valence-electron chi connectivity index (χ2n) is 7.71. The maximum Gasteiger partial charge on any atom is 0.262 e. The molecule has 2 N–H and O–H groups in total. The van der Waals surface area contributed by atoms with E-state index in [4.69, 9.17) is 4.74 Å². The third-order valence-corrected chi connectivity index (χ3v) is 5.44. The molecule has 0 radical (unpaired) electrons. The quantitative estimate of drug-likeness (QED) is 0.769. The Morgan fingerprint density at radius 3 is 2.77 bits per heavy atom. The van der Waals surface area contributed by atoms with Gasteiger partial charge in [-0.15, -0.1) is 0 Å². The highest BCUT2D eigenvalue weighted by molar-refractivity contribution is 6.04. The van der Waals surface area contributed by atoms with E-state index in [1.54, 1.807) is 23.1 Å². The number of benzene rings is 2. The summed E-state index contributed by atoms with van der Waals surface area (Å²) < 4.78 is 5.33. The maximum atomic E-state index is 12.7. The number of rotatable bonds is 6. The number of amides is 3. The van der Waals surface area contributed by atoms with Gasteiger partial charge in [-0.25, -0.2) is 0 Å². The number of hydrogen-bond donors (Lipinski definition) is 2. The first kappa shape index (κ1) is 19.9. The number of carbonyl (C=O) groups excluding carboxylic acids is 3. The topological polar surface area (TPSA) is 87.7 Å². The van der Waals surface area contributed by atoms with Crippen LogP contribution in [0, 0.1) is 5.92 Å². The van der Waals surface area contributed by atoms with Gasteiger partial charge in [0.1, 0.15) is 5.75 Å². The fourth-order valence-corrected chi connectivity index (χ4v) is 3.76. The second kappa shape index (κ2) is 8.57. The minimum atomic E-state index is -0.431. The van der Waals surface area contributed by atoms with Crippen molar-refractivity contribution < 1.29 is 19.1 Å². The predicted octanol–water partition coefficient (Wildman–Crippen LogP) is 3.35. The third-order valence-electron chi connectivity index (χ3n) is 5.44. The first-order valence-corrected chi connectivity index (χ1v) is 10.3. The lowest BCUT2D eigenvalue weighted by Gasteiger charge is -2.19. The molecule has 4 rings (SSSR count). The average molecular weight is 407 g/mol. The van der Waals surface area contributed by atoms with Crippen molar-refractivity contribution in [2.75, 3.05) is 28.7 Å². The monoisotopic (exact) mass is 407 g/mol. The molecule has 2 heterocycles. The fraction of sp³-hybridized carbons (Fsp3) is 0.348. The molecule has 0 aliphatic carbocycles. The normalized spacial score (nSPS) is 17.9. The van der Waals surface area contributed by atoms with Gasteiger partial charge in [0.2, 0.25) is 11.8 Å². The molecule has 7 nitrogen and oxygen atoms in total. The Kier molecular flexibility index (Phi) is 5.70. The molecule has 0 saturated carbocycles. The number of nitrogens with zero attached hydrogens (tertiary/aromatic N) is 1. The van der Waals surface area contributed by atoms with Gasteiger partial charge < -0.3 is 20.3 Å². The number of ether oxygens (including phenoxy) is 1. The number of fused-ring (bicyclic) bond motifs is 1. The van der Waals surface area contributed by atoms with Gasteiger partial charge in [0.25, 0.3) is 5.91 Å². The zero-order chi connectivity index (χ0) is 21.1. The predicted molar refractivity (Wildman–Crippen MR) is 115 cm³/mol. The van der Waals surface area contributed by atoms with Gasteiger partial charge in [0, 0.05) is 24.3 Å². The van der Waals surface area contributed by atoms with E-state index in [0.717, 1.165) is 24.9 Å². The molecule has 2 aromatic carbocycles. The summed E-state index contributed by atoms with van der Waals surface area (Å²) in [6.45, 7) is 2.50. The van der Waals surface area contributed by atoms with Crippen LogP contribution in [0.5, 0.6) is 5.75 Å². The van der Waals surface area contributed by atoms with Crippen LogP contribution in [0.4, 0.5) is 17.1 Å². The van der Waals surface area contributed by atoms with Crippen LogP contribution in [0.3, 0.4) is 0 Å². The van der Waals surface area contributed by atoms with E-state index in [2.05, 4.69) is 29.7 Å². The van der Waals surface area contributed by atoms with Crippen LogP contribution in [0.15, 0.2) is 42.5 Å². The summed E-state index contributed by atoms with van der Waals surface area (Å²) in [6.07, 6.45) is 3.49. The molecule has 7 heteroatoms. The molecule has 1 fully saturated rings. The highest BCUT2D eigenvalue weighted by atomic mass is 16.5. The lowest BCUT2D eigenvalue weighted by Crippen LogP contribution is -2.28. The van der Waals surface area contributed by atoms with E-state index < -0.39 is 5.92 Å². The molecule has 3 amide bonds. The fourth-order valence-electron chi connectivity index (χ4n) is 3.76. The van der Waals surface area contributed by atoms with Crippen LogP contribution in [-0.2, 0) is 20.8 Å². The van der Waals surface area contributed by atoms with E-state index in [1.807, 2.05) is 12.1 Å². The largest absolute Gasteiger partial charge is 0.482 e. The highest BCUT2D eigenvalue weighted by Crippen LogP contribution is 2.31. The van der Waals surface area contributed by atoms with Crippen LogP contribution < -0.4 is 20.3 Å². The minimum Gasteiger partial charge on any atom is -0.482 e. The summed E-state index contributed by atoms with van der Waals surface area (Å²) in [5.74, 6) is -0.365. The van der Waals surface area contributed by atoms with Gasteiger partial charge in [-0.2, -0.15) is 0 Å². The number of anilines is 3. The summed E-state index contributed by atoms with van der Waals surface area (Å²) in [4.78, 5) is 38.4. The standard InChI is InChI=1S/C23H25N3O4/c1-2-3-4-15-5-8-18(9-6-15)26-13-16(11-22(26)28)23(29)24-17-7-10-20-19(12-17)25-21(27)14-30-20/h5-10,12,16H,2-4,11,13-14H2,1H3,(H,24,29)(H,25,27)/t16-/m1/s1. The minimum absolute atomic E-state index is 0.0156. The lowest BCUT2D eigenvalue weighted by atomic mass is 10.1. The van der Waals surface area contributed by atoms with Gasteiger partial charge in [0.05, 0.1) is 11.6 Å². The van der Waals surface area contributed by atoms with E-state index in [0.29, 0.717) is 23.7 Å². The summed E-state index contributed by atoms with van der Waals surface area (Å²) in [6, 6.07) is 13.1. The van der Waals surface area contributed by atoms with E-state index in [9.17, 15) is 14.4 Å². The average Bonchev–Trinajstić information content (AvgIpc) is 3.14. The van der Waals surface area contributed by atoms with E-state index >= 15 is 0 Å². The van der Waals surface area contributed by atoms with Crippen molar-refractivity contribution >= 4 is 34.8 Å². The van der Waals surface area contributed by atoms with Crippen LogP contribution >= 0.6 is 0 Å². The highest BCUT2D eigenvalue weighted by Gasteiger charge is 2.35. The molecule has 2 aromatic rings. The molecule has 2 aliphatic heterocycles. The van der Waals surface area contributed by atoms with E-state index in [-0.39, 0.29) is 30.7 Å². The summed E-state index contributed by atoms with van der Waals surface area (Å²) in [5, 5.41) is 5.57. The lowest BCUT2D eigenvalue weighted by molar-refractivity contribution is -0.122. The van der Waals surface area contributed by atoms with Crippen LogP contribution in [0.2, 0.25) is 0 Å². The second-order valence-corrected chi connectivity index (χ2v) is 7.71. The first-order chi connectivity index (χ1) is 14.5. The molecule has 156 valence electrons. The Bertz CT molecular complexity index is 971. The van der Waals surface area contributed by atoms with Gasteiger partial charge >= 0.3 is 0 Å². The Morgan fingerprint density at radius 2 is 2.00 bits per heavy atom. The van der Waals surface area contributed by atoms with Crippen LogP contribution in [-0.4, -0.2) is 30.9 Å². The van der Waals surface area contributed by atoms with Crippen molar-refractivity contribution in [2.24, 2.45) is 5.92 Å². The Labute approximate surface area is 175 Å². The van der Waals surface area contributed by atoms with Crippen molar-refractivity contribution in [1.82, 2.24) is 0 Å². The molecule has 1 atom stereocenters. The van der Waals surface area contributed by atoms with Gasteiger partial charge in [-0.1, -0.05) is 25.5 Å². The molecule has 0 aromatic heterocycles. The molecule has 1 saturated heterocycles. The zero-order valence-corrected chi connectivity index (χ0v) is 16.9. The van der Waals surface area contributed by atoms with Crippen molar-refractivity contribution in [3.63, 3.8) is 0 Å². The molecule has 0 bridgehead atoms. The van der Waals surface area contributed by atoms with Gasteiger partial charge in [-0.3, -0.25) is 14.4 Å². The van der Waals surface area contributed by atoms with Crippen LogP contribution in [0.25, 0.3) is 0 Å². The number of hydrogen-bond acceptors (Lipinski definition) is 4. The van der Waals surface area contributed by atoms with Gasteiger partial charge in [0.15, 0.2) is 6.61 Å². The number of unbranched alkanes of at least 4 members (excludes halogenated alkanes) is 1. The molecule has 0 spiro atoms. The number of carbonyl (C=O) groups is 3. The number of nitrogens with one attached hydrogen (secondary N) is 2. The van der Waals surface area contributed by atoms with E-state index in [1.165, 1.54) is 5.56 Å². The molecule has 30 heavy (non-hydrogen) atoms.